The third kappa shape index (κ3) is 2.55. The molecule has 0 heterocycles. The van der Waals surface area contributed by atoms with Crippen molar-refractivity contribution in [2.75, 3.05) is 0 Å². The summed E-state index contributed by atoms with van der Waals surface area (Å²) in [6.07, 6.45) is 0. The number of rotatable bonds is 2. The van der Waals surface area contributed by atoms with Crippen LogP contribution in [0.5, 0.6) is 0 Å². The normalized spacial score (nSPS) is 10.6. The Hall–Kier alpha value is -1.39. The van der Waals surface area contributed by atoms with Gasteiger partial charge >= 0.3 is 0 Å². The molecular weight excluding hydrogens is 187 g/mol. The van der Waals surface area contributed by atoms with Gasteiger partial charge in [0.15, 0.2) is 0 Å². The van der Waals surface area contributed by atoms with Gasteiger partial charge in [-0.2, -0.15) is 0 Å². The average Bonchev–Trinajstić information content (AvgIpc) is 2.29. The van der Waals surface area contributed by atoms with Gasteiger partial charge in [-0.3, -0.25) is 0 Å². The highest BCUT2D eigenvalue weighted by atomic mass is 31.1. The van der Waals surface area contributed by atoms with Crippen LogP contribution < -0.4 is 5.30 Å². The first-order valence-corrected chi connectivity index (χ1v) is 5.56. The summed E-state index contributed by atoms with van der Waals surface area (Å²) in [5.74, 6) is 2.22. The minimum atomic E-state index is 1.25. The Morgan fingerprint density at radius 3 is 1.93 bits per heavy atom. The third-order valence-electron chi connectivity index (χ3n) is 1.92. The predicted molar refractivity (Wildman–Crippen MR) is 64.6 cm³/mol. The molecule has 0 amide bonds. The predicted octanol–water partition coefficient (Wildman–Crippen LogP) is 3.11. The lowest BCUT2D eigenvalue weighted by Gasteiger charge is -1.91. The van der Waals surface area contributed by atoms with Gasteiger partial charge in [0.1, 0.15) is 0 Å². The van der Waals surface area contributed by atoms with Crippen LogP contribution in [0.3, 0.4) is 0 Å². The molecule has 0 saturated heterocycles. The summed E-state index contributed by atoms with van der Waals surface area (Å²) in [7, 11) is 1.25. The molecule has 2 aromatic rings. The zero-order chi connectivity index (χ0) is 9.64. The number of hydrogen-bond donors (Lipinski definition) is 0. The van der Waals surface area contributed by atoms with Crippen molar-refractivity contribution in [3.63, 3.8) is 0 Å². The first-order valence-electron chi connectivity index (χ1n) is 4.59. The average molecular weight is 198 g/mol. The van der Waals surface area contributed by atoms with E-state index in [9.17, 15) is 0 Å². The number of hydrogen-bond acceptors (Lipinski definition) is 0. The molecule has 14 heavy (non-hydrogen) atoms. The van der Waals surface area contributed by atoms with E-state index in [4.69, 9.17) is 0 Å². The van der Waals surface area contributed by atoms with Crippen molar-refractivity contribution < 1.29 is 0 Å². The van der Waals surface area contributed by atoms with Crippen LogP contribution in [-0.2, 0) is 0 Å². The van der Waals surface area contributed by atoms with E-state index in [1.807, 2.05) is 12.1 Å². The molecule has 2 rings (SSSR count). The van der Waals surface area contributed by atoms with E-state index in [0.717, 1.165) is 0 Å². The molecule has 0 fully saturated rings. The van der Waals surface area contributed by atoms with Crippen LogP contribution in [0.2, 0.25) is 0 Å². The maximum Gasteiger partial charge on any atom is 0.00179 e. The molecule has 68 valence electrons. The summed E-state index contributed by atoms with van der Waals surface area (Å²) in [5, 5.41) is 1.33. The van der Waals surface area contributed by atoms with Crippen molar-refractivity contribution in [1.29, 1.82) is 0 Å². The maximum atomic E-state index is 2.22. The molecule has 0 saturated carbocycles. The largest absolute Gasteiger partial charge is 0.0678 e. The van der Waals surface area contributed by atoms with Gasteiger partial charge in [-0.05, 0) is 11.4 Å². The highest BCUT2D eigenvalue weighted by Crippen LogP contribution is 2.02. The fourth-order valence-electron chi connectivity index (χ4n) is 1.20. The van der Waals surface area contributed by atoms with Gasteiger partial charge in [0.25, 0.3) is 0 Å². The lowest BCUT2D eigenvalue weighted by Crippen LogP contribution is -1.88. The van der Waals surface area contributed by atoms with Crippen LogP contribution >= 0.6 is 8.20 Å². The van der Waals surface area contributed by atoms with Crippen LogP contribution in [0.1, 0.15) is 5.56 Å². The van der Waals surface area contributed by atoms with E-state index in [-0.39, 0.29) is 0 Å². The second-order valence-corrected chi connectivity index (χ2v) is 4.04. The molecule has 0 aliphatic rings. The van der Waals surface area contributed by atoms with E-state index in [0.29, 0.717) is 0 Å². The molecule has 0 radical (unpaired) electrons. The molecule has 0 bridgehead atoms. The second-order valence-electron chi connectivity index (χ2n) is 3.00. The summed E-state index contributed by atoms with van der Waals surface area (Å²) in [6, 6.07) is 20.9. The Bertz CT molecular complexity index is 362. The maximum absolute atomic E-state index is 2.22. The molecule has 0 N–H and O–H groups in total. The summed E-state index contributed by atoms with van der Waals surface area (Å²) in [6.45, 7) is 0. The summed E-state index contributed by atoms with van der Waals surface area (Å²) >= 11 is 0. The Kier molecular flexibility index (Phi) is 3.10. The van der Waals surface area contributed by atoms with Gasteiger partial charge in [-0.25, -0.2) is 0 Å². The van der Waals surface area contributed by atoms with Crippen molar-refractivity contribution in [1.82, 2.24) is 0 Å². The van der Waals surface area contributed by atoms with Gasteiger partial charge in [0, 0.05) is 5.30 Å². The zero-order valence-corrected chi connectivity index (χ0v) is 8.69. The molecule has 0 aliphatic heterocycles. The molecule has 0 aliphatic carbocycles. The first kappa shape index (κ1) is 9.18. The fourth-order valence-corrected chi connectivity index (χ4v) is 2.02. The van der Waals surface area contributed by atoms with Gasteiger partial charge < -0.3 is 0 Å². The number of benzene rings is 2. The van der Waals surface area contributed by atoms with Gasteiger partial charge in [0.2, 0.25) is 0 Å². The molecule has 0 spiro atoms. The standard InChI is InChI=1S/C13H11P/c1-3-7-12(8-4-1)11-14-13-9-5-2-6-10-13/h1-11H. The fraction of sp³-hybridized carbons (Fsp3) is 0. The summed E-state index contributed by atoms with van der Waals surface area (Å²) in [4.78, 5) is 0. The van der Waals surface area contributed by atoms with Crippen LogP contribution in [0.4, 0.5) is 0 Å². The first-order chi connectivity index (χ1) is 6.95. The van der Waals surface area contributed by atoms with Crippen LogP contribution in [0.25, 0.3) is 0 Å². The van der Waals surface area contributed by atoms with Crippen molar-refractivity contribution in [2.45, 2.75) is 0 Å². The monoisotopic (exact) mass is 198 g/mol. The van der Waals surface area contributed by atoms with Gasteiger partial charge in [-0.1, -0.05) is 68.9 Å². The summed E-state index contributed by atoms with van der Waals surface area (Å²) in [5.41, 5.74) is 1.28. The Morgan fingerprint density at radius 1 is 0.714 bits per heavy atom. The summed E-state index contributed by atoms with van der Waals surface area (Å²) < 4.78 is 0. The molecule has 2 aromatic carbocycles. The van der Waals surface area contributed by atoms with Gasteiger partial charge in [0.05, 0.1) is 0 Å². The molecule has 0 aromatic heterocycles. The van der Waals surface area contributed by atoms with E-state index in [1.165, 1.54) is 19.1 Å². The van der Waals surface area contributed by atoms with Crippen molar-refractivity contribution in [3.05, 3.63) is 66.2 Å². The second kappa shape index (κ2) is 4.74. The Labute approximate surface area is 86.0 Å². The lowest BCUT2D eigenvalue weighted by atomic mass is 10.2. The lowest BCUT2D eigenvalue weighted by molar-refractivity contribution is 1.69. The molecular formula is C13H11P. The Balaban J connectivity index is 2.16. The smallest absolute Gasteiger partial charge is 0.00179 e. The minimum absolute atomic E-state index is 1.25. The highest BCUT2D eigenvalue weighted by molar-refractivity contribution is 7.47. The van der Waals surface area contributed by atoms with E-state index in [2.05, 4.69) is 54.3 Å². The van der Waals surface area contributed by atoms with Crippen LogP contribution in [0.15, 0.2) is 60.7 Å². The molecule has 1 heteroatoms. The van der Waals surface area contributed by atoms with Crippen LogP contribution in [-0.4, -0.2) is 5.80 Å². The molecule has 0 atom stereocenters. The molecule has 0 unspecified atom stereocenters. The third-order valence-corrected chi connectivity index (χ3v) is 2.94. The quantitative estimate of drug-likeness (QED) is 0.650. The van der Waals surface area contributed by atoms with E-state index < -0.39 is 0 Å². The van der Waals surface area contributed by atoms with Crippen molar-refractivity contribution >= 4 is 19.3 Å². The zero-order valence-electron chi connectivity index (χ0n) is 7.80. The topological polar surface area (TPSA) is 0 Å². The van der Waals surface area contributed by atoms with Crippen molar-refractivity contribution in [3.8, 4) is 0 Å². The highest BCUT2D eigenvalue weighted by Gasteiger charge is 1.85. The molecule has 0 nitrogen and oxygen atoms in total. The van der Waals surface area contributed by atoms with E-state index in [1.54, 1.807) is 0 Å². The van der Waals surface area contributed by atoms with E-state index >= 15 is 0 Å². The van der Waals surface area contributed by atoms with Gasteiger partial charge in [-0.15, -0.1) is 0 Å². The Morgan fingerprint density at radius 2 is 1.29 bits per heavy atom. The van der Waals surface area contributed by atoms with Crippen LogP contribution in [0, 0.1) is 0 Å². The minimum Gasteiger partial charge on any atom is -0.0678 e. The SMILES string of the molecule is C(=Pc1ccccc1)c1ccccc1. The van der Waals surface area contributed by atoms with Crippen molar-refractivity contribution in [2.24, 2.45) is 0 Å².